The van der Waals surface area contributed by atoms with Gasteiger partial charge in [0, 0.05) is 49.3 Å². The van der Waals surface area contributed by atoms with Crippen molar-refractivity contribution in [3.8, 4) is 0 Å². The first kappa shape index (κ1) is 19.0. The lowest BCUT2D eigenvalue weighted by molar-refractivity contribution is 0.232. The maximum absolute atomic E-state index is 7.13. The first-order valence-electron chi connectivity index (χ1n) is 10.1. The SMILES string of the molecule is [C-]#[N+]c1ccc(N2CCC(C3CCN(c4ncc(C)cn4)CC3)CC2)cc1Cl. The summed E-state index contributed by atoms with van der Waals surface area (Å²) in [4.78, 5) is 17.1. The van der Waals surface area contributed by atoms with Crippen LogP contribution in [-0.2, 0) is 0 Å². The van der Waals surface area contributed by atoms with Crippen molar-refractivity contribution in [1.82, 2.24) is 9.97 Å². The molecular formula is C22H26ClN5. The van der Waals surface area contributed by atoms with Gasteiger partial charge in [0.25, 0.3) is 0 Å². The Morgan fingerprint density at radius 2 is 1.54 bits per heavy atom. The molecule has 0 aliphatic carbocycles. The van der Waals surface area contributed by atoms with Gasteiger partial charge >= 0.3 is 0 Å². The van der Waals surface area contributed by atoms with Gasteiger partial charge in [-0.2, -0.15) is 0 Å². The van der Waals surface area contributed by atoms with Gasteiger partial charge in [0.1, 0.15) is 0 Å². The van der Waals surface area contributed by atoms with Crippen LogP contribution < -0.4 is 9.80 Å². The molecule has 146 valence electrons. The number of rotatable bonds is 3. The molecule has 4 rings (SSSR count). The predicted molar refractivity (Wildman–Crippen MR) is 114 cm³/mol. The topological polar surface area (TPSA) is 36.6 Å². The molecule has 28 heavy (non-hydrogen) atoms. The summed E-state index contributed by atoms with van der Waals surface area (Å²) in [6.07, 6.45) is 8.73. The molecule has 0 amide bonds. The summed E-state index contributed by atoms with van der Waals surface area (Å²) in [6.45, 7) is 13.4. The van der Waals surface area contributed by atoms with E-state index in [2.05, 4.69) is 24.6 Å². The Morgan fingerprint density at radius 3 is 2.07 bits per heavy atom. The zero-order valence-electron chi connectivity index (χ0n) is 16.3. The monoisotopic (exact) mass is 395 g/mol. The lowest BCUT2D eigenvalue weighted by Gasteiger charge is -2.41. The first-order chi connectivity index (χ1) is 13.6. The number of aryl methyl sites for hydroxylation is 1. The fraction of sp³-hybridized carbons (Fsp3) is 0.500. The smallest absolute Gasteiger partial charge is 0.225 e. The van der Waals surface area contributed by atoms with E-state index in [0.717, 1.165) is 55.2 Å². The van der Waals surface area contributed by atoms with Crippen molar-refractivity contribution in [2.75, 3.05) is 36.0 Å². The van der Waals surface area contributed by atoms with Gasteiger partial charge in [-0.15, -0.1) is 0 Å². The summed E-state index contributed by atoms with van der Waals surface area (Å²) in [7, 11) is 0. The lowest BCUT2D eigenvalue weighted by atomic mass is 9.79. The van der Waals surface area contributed by atoms with E-state index in [1.165, 1.54) is 25.7 Å². The van der Waals surface area contributed by atoms with Crippen molar-refractivity contribution in [3.05, 3.63) is 52.6 Å². The van der Waals surface area contributed by atoms with Crippen molar-refractivity contribution >= 4 is 28.9 Å². The number of anilines is 2. The molecule has 0 spiro atoms. The van der Waals surface area contributed by atoms with E-state index < -0.39 is 0 Å². The summed E-state index contributed by atoms with van der Waals surface area (Å²) in [5.41, 5.74) is 2.78. The summed E-state index contributed by atoms with van der Waals surface area (Å²) in [5.74, 6) is 2.48. The Bertz CT molecular complexity index is 844. The first-order valence-corrected chi connectivity index (χ1v) is 10.5. The average molecular weight is 396 g/mol. The molecule has 2 aromatic rings. The number of benzene rings is 1. The lowest BCUT2D eigenvalue weighted by Crippen LogP contribution is -2.41. The molecule has 1 aromatic carbocycles. The number of halogens is 1. The van der Waals surface area contributed by atoms with Gasteiger partial charge in [0.15, 0.2) is 0 Å². The Labute approximate surface area is 172 Å². The Hall–Kier alpha value is -2.32. The molecule has 6 heteroatoms. The molecule has 5 nitrogen and oxygen atoms in total. The molecular weight excluding hydrogens is 370 g/mol. The van der Waals surface area contributed by atoms with Gasteiger partial charge < -0.3 is 9.80 Å². The van der Waals surface area contributed by atoms with Gasteiger partial charge in [-0.3, -0.25) is 0 Å². The van der Waals surface area contributed by atoms with Crippen LogP contribution in [0.1, 0.15) is 31.2 Å². The van der Waals surface area contributed by atoms with Gasteiger partial charge in [-0.25, -0.2) is 14.8 Å². The third-order valence-corrected chi connectivity index (χ3v) is 6.52. The van der Waals surface area contributed by atoms with Crippen molar-refractivity contribution in [2.45, 2.75) is 32.6 Å². The van der Waals surface area contributed by atoms with Crippen LogP contribution in [-0.4, -0.2) is 36.1 Å². The van der Waals surface area contributed by atoms with Crippen LogP contribution in [0.3, 0.4) is 0 Å². The maximum Gasteiger partial charge on any atom is 0.225 e. The summed E-state index contributed by atoms with van der Waals surface area (Å²) >= 11 is 6.22. The predicted octanol–water partition coefficient (Wildman–Crippen LogP) is 5.12. The number of piperidine rings is 2. The second-order valence-corrected chi connectivity index (χ2v) is 8.36. The highest BCUT2D eigenvalue weighted by Gasteiger charge is 2.30. The fourth-order valence-corrected chi connectivity index (χ4v) is 4.75. The minimum absolute atomic E-state index is 0.532. The van der Waals surface area contributed by atoms with E-state index in [0.29, 0.717) is 10.7 Å². The van der Waals surface area contributed by atoms with Gasteiger partial charge in [0.05, 0.1) is 6.57 Å². The zero-order valence-corrected chi connectivity index (χ0v) is 17.1. The Morgan fingerprint density at radius 1 is 0.964 bits per heavy atom. The highest BCUT2D eigenvalue weighted by Crippen LogP contribution is 2.36. The molecule has 3 heterocycles. The normalized spacial score (nSPS) is 18.9. The van der Waals surface area contributed by atoms with Crippen LogP contribution in [0.15, 0.2) is 30.6 Å². The third kappa shape index (κ3) is 4.07. The molecule has 2 aliphatic heterocycles. The number of hydrogen-bond donors (Lipinski definition) is 0. The second kappa shape index (κ2) is 8.36. The van der Waals surface area contributed by atoms with Crippen LogP contribution in [0.5, 0.6) is 0 Å². The van der Waals surface area contributed by atoms with E-state index in [-0.39, 0.29) is 0 Å². The van der Waals surface area contributed by atoms with Crippen molar-refractivity contribution in [2.24, 2.45) is 11.8 Å². The molecule has 0 bridgehead atoms. The molecule has 1 aromatic heterocycles. The van der Waals surface area contributed by atoms with Crippen LogP contribution in [0.2, 0.25) is 5.02 Å². The summed E-state index contributed by atoms with van der Waals surface area (Å²) < 4.78 is 0. The van der Waals surface area contributed by atoms with Crippen molar-refractivity contribution in [3.63, 3.8) is 0 Å². The third-order valence-electron chi connectivity index (χ3n) is 6.21. The van der Waals surface area contributed by atoms with E-state index in [1.807, 2.05) is 37.5 Å². The molecule has 2 saturated heterocycles. The molecule has 0 N–H and O–H groups in total. The molecule has 0 unspecified atom stereocenters. The van der Waals surface area contributed by atoms with Crippen LogP contribution in [0.25, 0.3) is 4.85 Å². The minimum Gasteiger partial charge on any atom is -0.372 e. The molecule has 0 saturated carbocycles. The van der Waals surface area contributed by atoms with Crippen molar-refractivity contribution in [1.29, 1.82) is 0 Å². The largest absolute Gasteiger partial charge is 0.372 e. The van der Waals surface area contributed by atoms with Crippen LogP contribution in [0.4, 0.5) is 17.3 Å². The van der Waals surface area contributed by atoms with E-state index >= 15 is 0 Å². The number of nitrogens with zero attached hydrogens (tertiary/aromatic N) is 5. The van der Waals surface area contributed by atoms with Gasteiger partial charge in [-0.05, 0) is 62.1 Å². The molecule has 2 fully saturated rings. The number of hydrogen-bond acceptors (Lipinski definition) is 4. The summed E-state index contributed by atoms with van der Waals surface area (Å²) in [6, 6.07) is 5.80. The average Bonchev–Trinajstić information content (AvgIpc) is 2.74. The van der Waals surface area contributed by atoms with E-state index in [1.54, 1.807) is 0 Å². The Kier molecular flexibility index (Phi) is 5.68. The quantitative estimate of drug-likeness (QED) is 0.675. The highest BCUT2D eigenvalue weighted by atomic mass is 35.5. The minimum atomic E-state index is 0.532. The second-order valence-electron chi connectivity index (χ2n) is 7.96. The van der Waals surface area contributed by atoms with Crippen LogP contribution in [0, 0.1) is 25.3 Å². The molecule has 0 atom stereocenters. The Balaban J connectivity index is 1.29. The maximum atomic E-state index is 7.13. The standard InChI is InChI=1S/C22H26ClN5/c1-16-14-25-22(26-15-16)28-11-7-18(8-12-28)17-5-9-27(10-6-17)19-3-4-21(24-2)20(23)13-19/h3-4,13-15,17-18H,5-12H2,1H3. The summed E-state index contributed by atoms with van der Waals surface area (Å²) in [5, 5.41) is 0.556. The highest BCUT2D eigenvalue weighted by molar-refractivity contribution is 6.33. The number of aromatic nitrogens is 2. The van der Waals surface area contributed by atoms with E-state index in [4.69, 9.17) is 18.2 Å². The molecule has 0 radical (unpaired) electrons. The van der Waals surface area contributed by atoms with Gasteiger partial charge in [-0.1, -0.05) is 17.7 Å². The van der Waals surface area contributed by atoms with E-state index in [9.17, 15) is 0 Å². The van der Waals surface area contributed by atoms with Crippen LogP contribution >= 0.6 is 11.6 Å². The zero-order chi connectivity index (χ0) is 19.5. The molecule has 2 aliphatic rings. The fourth-order valence-electron chi connectivity index (χ4n) is 4.53. The van der Waals surface area contributed by atoms with Gasteiger partial charge in [0.2, 0.25) is 11.6 Å². The van der Waals surface area contributed by atoms with Crippen molar-refractivity contribution < 1.29 is 0 Å².